The van der Waals surface area contributed by atoms with Gasteiger partial charge in [-0.25, -0.2) is 4.79 Å². The number of rotatable bonds is 7. The summed E-state index contributed by atoms with van der Waals surface area (Å²) < 4.78 is 36.8. The van der Waals surface area contributed by atoms with Gasteiger partial charge < -0.3 is 20.9 Å². The summed E-state index contributed by atoms with van der Waals surface area (Å²) in [6, 6.07) is 6.79. The highest BCUT2D eigenvalue weighted by Gasteiger charge is 2.29. The molecular formula is C16H19F3N6OS. The maximum Gasteiger partial charge on any atom is 0.446 e. The predicted molar refractivity (Wildman–Crippen MR) is 100 cm³/mol. The minimum atomic E-state index is -4.34. The van der Waals surface area contributed by atoms with Crippen molar-refractivity contribution in [3.05, 3.63) is 36.5 Å². The number of alkyl halides is 3. The van der Waals surface area contributed by atoms with Crippen LogP contribution in [0.25, 0.3) is 0 Å². The SMILES string of the molecule is CN(C)c1cnnc(NCCNC(=O)Nc2ccc(SC(F)(F)F)cc2)c1. The van der Waals surface area contributed by atoms with Gasteiger partial charge in [0.05, 0.1) is 11.9 Å². The third-order valence-electron chi connectivity index (χ3n) is 3.22. The number of hydrogen-bond acceptors (Lipinski definition) is 6. The van der Waals surface area contributed by atoms with Crippen molar-refractivity contribution in [3.8, 4) is 0 Å². The van der Waals surface area contributed by atoms with Crippen molar-refractivity contribution in [1.29, 1.82) is 0 Å². The topological polar surface area (TPSA) is 82.2 Å². The summed E-state index contributed by atoms with van der Waals surface area (Å²) in [5, 5.41) is 16.0. The second-order valence-electron chi connectivity index (χ2n) is 5.57. The van der Waals surface area contributed by atoms with Gasteiger partial charge in [-0.15, -0.1) is 5.10 Å². The van der Waals surface area contributed by atoms with E-state index in [4.69, 9.17) is 0 Å². The van der Waals surface area contributed by atoms with E-state index in [1.807, 2.05) is 25.1 Å². The highest BCUT2D eigenvalue weighted by atomic mass is 32.2. The van der Waals surface area contributed by atoms with Gasteiger partial charge in [-0.2, -0.15) is 18.3 Å². The number of aromatic nitrogens is 2. The second kappa shape index (κ2) is 9.31. The number of benzene rings is 1. The number of carbonyl (C=O) groups is 1. The second-order valence-corrected chi connectivity index (χ2v) is 6.71. The van der Waals surface area contributed by atoms with Gasteiger partial charge in [0.15, 0.2) is 5.82 Å². The Balaban J connectivity index is 1.72. The molecule has 11 heteroatoms. The predicted octanol–water partition coefficient (Wildman–Crippen LogP) is 3.39. The number of halogens is 3. The van der Waals surface area contributed by atoms with Crippen molar-refractivity contribution in [2.45, 2.75) is 10.4 Å². The molecule has 0 fully saturated rings. The van der Waals surface area contributed by atoms with E-state index in [0.717, 1.165) is 5.69 Å². The first-order valence-electron chi connectivity index (χ1n) is 7.87. The number of nitrogens with one attached hydrogen (secondary N) is 3. The van der Waals surface area contributed by atoms with Gasteiger partial charge in [0.2, 0.25) is 0 Å². The van der Waals surface area contributed by atoms with Crippen LogP contribution in [-0.2, 0) is 0 Å². The van der Waals surface area contributed by atoms with Crippen molar-refractivity contribution in [2.24, 2.45) is 0 Å². The van der Waals surface area contributed by atoms with Crippen LogP contribution in [0.1, 0.15) is 0 Å². The lowest BCUT2D eigenvalue weighted by atomic mass is 10.3. The number of nitrogens with zero attached hydrogens (tertiary/aromatic N) is 3. The summed E-state index contributed by atoms with van der Waals surface area (Å²) in [5.74, 6) is 0.584. The molecule has 1 aromatic heterocycles. The van der Waals surface area contributed by atoms with Crippen LogP contribution >= 0.6 is 11.8 Å². The minimum absolute atomic E-state index is 0.0544. The van der Waals surface area contributed by atoms with E-state index in [0.29, 0.717) is 24.6 Å². The van der Waals surface area contributed by atoms with Crippen LogP contribution in [-0.4, -0.2) is 48.9 Å². The molecule has 0 radical (unpaired) electrons. The molecule has 27 heavy (non-hydrogen) atoms. The molecule has 1 aromatic carbocycles. The fraction of sp³-hybridized carbons (Fsp3) is 0.312. The maximum absolute atomic E-state index is 12.3. The standard InChI is InChI=1S/C16H19F3N6OS/c1-25(2)12-9-14(24-22-10-12)20-7-8-21-15(26)23-11-3-5-13(6-4-11)27-16(17,18)19/h3-6,9-10H,7-8H2,1-2H3,(H,20,24)(H2,21,23,26). The van der Waals surface area contributed by atoms with E-state index >= 15 is 0 Å². The Morgan fingerprint density at radius 2 is 1.89 bits per heavy atom. The molecule has 0 aliphatic rings. The van der Waals surface area contributed by atoms with Crippen LogP contribution in [0.4, 0.5) is 35.2 Å². The van der Waals surface area contributed by atoms with Crippen LogP contribution < -0.4 is 20.9 Å². The monoisotopic (exact) mass is 400 g/mol. The first kappa shape index (κ1) is 20.6. The Bertz CT molecular complexity index is 755. The van der Waals surface area contributed by atoms with Crippen LogP contribution in [0.15, 0.2) is 41.4 Å². The van der Waals surface area contributed by atoms with Crippen LogP contribution in [0.2, 0.25) is 0 Å². The van der Waals surface area contributed by atoms with E-state index < -0.39 is 11.5 Å². The fourth-order valence-corrected chi connectivity index (χ4v) is 2.51. The molecule has 0 aliphatic carbocycles. The van der Waals surface area contributed by atoms with Crippen LogP contribution in [0.3, 0.4) is 0 Å². The Kier molecular flexibility index (Phi) is 7.11. The number of anilines is 3. The van der Waals surface area contributed by atoms with Crippen molar-refractivity contribution >= 4 is 35.0 Å². The third kappa shape index (κ3) is 7.60. The van der Waals surface area contributed by atoms with E-state index in [9.17, 15) is 18.0 Å². The van der Waals surface area contributed by atoms with Crippen molar-refractivity contribution < 1.29 is 18.0 Å². The van der Waals surface area contributed by atoms with Gasteiger partial charge in [0.1, 0.15) is 0 Å². The molecule has 146 valence electrons. The first-order valence-corrected chi connectivity index (χ1v) is 8.69. The molecule has 0 saturated heterocycles. The number of amides is 2. The number of urea groups is 1. The van der Waals surface area contributed by atoms with Gasteiger partial charge >= 0.3 is 11.5 Å². The fourth-order valence-electron chi connectivity index (χ4n) is 1.97. The van der Waals surface area contributed by atoms with E-state index in [2.05, 4.69) is 26.1 Å². The molecule has 0 unspecified atom stereocenters. The molecule has 1 heterocycles. The smallest absolute Gasteiger partial charge is 0.376 e. The zero-order chi connectivity index (χ0) is 19.9. The Hall–Kier alpha value is -2.69. The quantitative estimate of drug-likeness (QED) is 0.488. The van der Waals surface area contributed by atoms with E-state index in [-0.39, 0.29) is 16.7 Å². The first-order chi connectivity index (χ1) is 12.7. The summed E-state index contributed by atoms with van der Waals surface area (Å²) >= 11 is -0.205. The molecule has 2 amide bonds. The normalized spacial score (nSPS) is 11.0. The van der Waals surface area contributed by atoms with Gasteiger partial charge in [-0.05, 0) is 36.0 Å². The zero-order valence-corrected chi connectivity index (χ0v) is 15.5. The Labute approximate surface area is 158 Å². The average Bonchev–Trinajstić information content (AvgIpc) is 2.59. The van der Waals surface area contributed by atoms with Gasteiger partial charge in [0.25, 0.3) is 0 Å². The van der Waals surface area contributed by atoms with Crippen LogP contribution in [0, 0.1) is 0 Å². The molecular weight excluding hydrogens is 381 g/mol. The summed E-state index contributed by atoms with van der Waals surface area (Å²) in [6.45, 7) is 0.752. The van der Waals surface area contributed by atoms with Crippen molar-refractivity contribution in [1.82, 2.24) is 15.5 Å². The lowest BCUT2D eigenvalue weighted by Crippen LogP contribution is -2.32. The summed E-state index contributed by atoms with van der Waals surface area (Å²) in [4.78, 5) is 13.8. The molecule has 0 aliphatic heterocycles. The van der Waals surface area contributed by atoms with E-state index in [1.165, 1.54) is 24.3 Å². The summed E-state index contributed by atoms with van der Waals surface area (Å²) in [5.41, 5.74) is -3.04. The molecule has 0 spiro atoms. The largest absolute Gasteiger partial charge is 0.446 e. The Morgan fingerprint density at radius 1 is 1.19 bits per heavy atom. The Morgan fingerprint density at radius 3 is 2.52 bits per heavy atom. The highest BCUT2D eigenvalue weighted by molar-refractivity contribution is 8.00. The van der Waals surface area contributed by atoms with Crippen molar-refractivity contribution in [2.75, 3.05) is 42.7 Å². The molecule has 7 nitrogen and oxygen atoms in total. The highest BCUT2D eigenvalue weighted by Crippen LogP contribution is 2.36. The molecule has 2 aromatic rings. The number of carbonyl (C=O) groups excluding carboxylic acids is 1. The molecule has 3 N–H and O–H groups in total. The van der Waals surface area contributed by atoms with Gasteiger partial charge in [-0.3, -0.25) is 0 Å². The average molecular weight is 400 g/mol. The number of thioether (sulfide) groups is 1. The molecule has 0 atom stereocenters. The lowest BCUT2D eigenvalue weighted by molar-refractivity contribution is -0.0328. The minimum Gasteiger partial charge on any atom is -0.376 e. The summed E-state index contributed by atoms with van der Waals surface area (Å²) in [6.07, 6.45) is 1.63. The zero-order valence-electron chi connectivity index (χ0n) is 14.7. The summed E-state index contributed by atoms with van der Waals surface area (Å²) in [7, 11) is 3.78. The molecule has 2 rings (SSSR count). The lowest BCUT2D eigenvalue weighted by Gasteiger charge is -2.13. The van der Waals surface area contributed by atoms with Gasteiger partial charge in [-0.1, -0.05) is 0 Å². The molecule has 0 saturated carbocycles. The van der Waals surface area contributed by atoms with Crippen LogP contribution in [0.5, 0.6) is 0 Å². The van der Waals surface area contributed by atoms with E-state index in [1.54, 1.807) is 6.20 Å². The third-order valence-corrected chi connectivity index (χ3v) is 3.96. The maximum atomic E-state index is 12.3. The van der Waals surface area contributed by atoms with Gasteiger partial charge in [0, 0.05) is 43.8 Å². The van der Waals surface area contributed by atoms with Crippen molar-refractivity contribution in [3.63, 3.8) is 0 Å². The number of hydrogen-bond donors (Lipinski definition) is 3. The molecule has 0 bridgehead atoms.